The van der Waals surface area contributed by atoms with E-state index in [4.69, 9.17) is 4.74 Å². The van der Waals surface area contributed by atoms with E-state index in [1.54, 1.807) is 0 Å². The Bertz CT molecular complexity index is 542. The van der Waals surface area contributed by atoms with Gasteiger partial charge < -0.3 is 14.7 Å². The van der Waals surface area contributed by atoms with Crippen molar-refractivity contribution >= 4 is 5.69 Å². The minimum Gasteiger partial charge on any atom is -0.491 e. The van der Waals surface area contributed by atoms with Crippen LogP contribution in [0.15, 0.2) is 48.5 Å². The number of ether oxygens (including phenoxy) is 1. The molecule has 0 saturated heterocycles. The summed E-state index contributed by atoms with van der Waals surface area (Å²) in [4.78, 5) is 2.14. The first-order chi connectivity index (χ1) is 10.2. The van der Waals surface area contributed by atoms with Gasteiger partial charge in [-0.2, -0.15) is 0 Å². The zero-order valence-corrected chi connectivity index (χ0v) is 12.6. The lowest BCUT2D eigenvalue weighted by Crippen LogP contribution is -2.35. The molecule has 2 rings (SSSR count). The molecule has 0 amide bonds. The minimum atomic E-state index is -0.533. The molecule has 0 saturated carbocycles. The van der Waals surface area contributed by atoms with E-state index in [9.17, 15) is 5.11 Å². The summed E-state index contributed by atoms with van der Waals surface area (Å²) in [6.45, 7) is 5.78. The molecule has 0 aliphatic heterocycles. The molecule has 3 nitrogen and oxygen atoms in total. The third-order valence-electron chi connectivity index (χ3n) is 3.29. The molecule has 0 heterocycles. The number of nitrogens with zero attached hydrogens (tertiary/aromatic N) is 1. The molecule has 1 atom stereocenters. The molecule has 0 aliphatic carbocycles. The standard InChI is InChI=1S/C18H22NO2/c1-3-19(16-9-7-8-15(2)12-16)13-17(20)14-21-18-10-5-4-6-11-18/h4-7,9-12,17,20H,3,13-14H2,1-2H3. The fourth-order valence-electron chi connectivity index (χ4n) is 2.20. The highest BCUT2D eigenvalue weighted by atomic mass is 16.5. The van der Waals surface area contributed by atoms with Crippen molar-refractivity contribution in [2.45, 2.75) is 20.0 Å². The monoisotopic (exact) mass is 284 g/mol. The quantitative estimate of drug-likeness (QED) is 0.848. The highest BCUT2D eigenvalue weighted by Gasteiger charge is 2.12. The first-order valence-corrected chi connectivity index (χ1v) is 7.28. The highest BCUT2D eigenvalue weighted by Crippen LogP contribution is 2.16. The van der Waals surface area contributed by atoms with Crippen molar-refractivity contribution in [1.82, 2.24) is 0 Å². The van der Waals surface area contributed by atoms with Crippen LogP contribution in [0.5, 0.6) is 5.75 Å². The van der Waals surface area contributed by atoms with Crippen LogP contribution in [0.25, 0.3) is 0 Å². The molecule has 1 radical (unpaired) electrons. The lowest BCUT2D eigenvalue weighted by Gasteiger charge is -2.26. The zero-order valence-electron chi connectivity index (χ0n) is 12.6. The molecule has 2 aromatic carbocycles. The van der Waals surface area contributed by atoms with Crippen LogP contribution in [-0.4, -0.2) is 30.9 Å². The SMILES string of the molecule is CCN(CC(O)COc1ccccc1)c1cc[c]c(C)c1. The molecule has 21 heavy (non-hydrogen) atoms. The molecule has 2 aromatic rings. The van der Waals surface area contributed by atoms with Crippen LogP contribution in [0.1, 0.15) is 12.5 Å². The predicted octanol–water partition coefficient (Wildman–Crippen LogP) is 3.06. The van der Waals surface area contributed by atoms with E-state index >= 15 is 0 Å². The van der Waals surface area contributed by atoms with Gasteiger partial charge >= 0.3 is 0 Å². The van der Waals surface area contributed by atoms with Crippen LogP contribution in [-0.2, 0) is 0 Å². The number of aryl methyl sites for hydroxylation is 1. The average molecular weight is 284 g/mol. The number of anilines is 1. The fourth-order valence-corrected chi connectivity index (χ4v) is 2.20. The van der Waals surface area contributed by atoms with Gasteiger partial charge in [0.1, 0.15) is 18.5 Å². The van der Waals surface area contributed by atoms with E-state index in [-0.39, 0.29) is 0 Å². The van der Waals surface area contributed by atoms with Gasteiger partial charge in [0.2, 0.25) is 0 Å². The topological polar surface area (TPSA) is 32.7 Å². The number of benzene rings is 2. The van der Waals surface area contributed by atoms with E-state index in [2.05, 4.69) is 24.0 Å². The molecule has 1 N–H and O–H groups in total. The first-order valence-electron chi connectivity index (χ1n) is 7.28. The maximum absolute atomic E-state index is 10.2. The van der Waals surface area contributed by atoms with Crippen molar-refractivity contribution in [1.29, 1.82) is 0 Å². The maximum atomic E-state index is 10.2. The number of rotatable bonds is 7. The van der Waals surface area contributed by atoms with Gasteiger partial charge in [0, 0.05) is 18.8 Å². The molecule has 111 valence electrons. The van der Waals surface area contributed by atoms with E-state index in [1.807, 2.05) is 49.4 Å². The Morgan fingerprint density at radius 3 is 2.67 bits per heavy atom. The van der Waals surface area contributed by atoms with Crippen molar-refractivity contribution in [2.75, 3.05) is 24.6 Å². The van der Waals surface area contributed by atoms with Gasteiger partial charge in [-0.3, -0.25) is 0 Å². The Labute approximate surface area is 126 Å². The second-order valence-corrected chi connectivity index (χ2v) is 5.05. The van der Waals surface area contributed by atoms with Gasteiger partial charge in [0.05, 0.1) is 0 Å². The highest BCUT2D eigenvalue weighted by molar-refractivity contribution is 5.48. The summed E-state index contributed by atoms with van der Waals surface area (Å²) in [6, 6.07) is 18.7. The van der Waals surface area contributed by atoms with Crippen molar-refractivity contribution < 1.29 is 9.84 Å². The summed E-state index contributed by atoms with van der Waals surface area (Å²) in [5, 5.41) is 10.2. The van der Waals surface area contributed by atoms with Gasteiger partial charge in [0.25, 0.3) is 0 Å². The molecule has 0 aliphatic rings. The predicted molar refractivity (Wildman–Crippen MR) is 85.8 cm³/mol. The minimum absolute atomic E-state index is 0.290. The fraction of sp³-hybridized carbons (Fsp3) is 0.333. The second-order valence-electron chi connectivity index (χ2n) is 5.05. The molecular weight excluding hydrogens is 262 g/mol. The summed E-state index contributed by atoms with van der Waals surface area (Å²) in [5.41, 5.74) is 2.20. The van der Waals surface area contributed by atoms with E-state index < -0.39 is 6.10 Å². The van der Waals surface area contributed by atoms with Crippen molar-refractivity contribution in [3.8, 4) is 5.75 Å². The van der Waals surface area contributed by atoms with Crippen LogP contribution >= 0.6 is 0 Å². The van der Waals surface area contributed by atoms with Crippen molar-refractivity contribution in [3.63, 3.8) is 0 Å². The third kappa shape index (κ3) is 4.80. The largest absolute Gasteiger partial charge is 0.491 e. The molecule has 3 heteroatoms. The normalized spacial score (nSPS) is 12.0. The summed E-state index contributed by atoms with van der Waals surface area (Å²) >= 11 is 0. The van der Waals surface area contributed by atoms with Crippen LogP contribution in [0.4, 0.5) is 5.69 Å². The second kappa shape index (κ2) is 7.70. The Morgan fingerprint density at radius 1 is 1.24 bits per heavy atom. The molecular formula is C18H22NO2. The van der Waals surface area contributed by atoms with E-state index in [0.717, 1.165) is 23.5 Å². The summed E-state index contributed by atoms with van der Waals surface area (Å²) in [5.74, 6) is 0.782. The van der Waals surface area contributed by atoms with Gasteiger partial charge in [-0.25, -0.2) is 0 Å². The van der Waals surface area contributed by atoms with Gasteiger partial charge in [-0.1, -0.05) is 24.3 Å². The molecule has 0 spiro atoms. The number of hydrogen-bond donors (Lipinski definition) is 1. The van der Waals surface area contributed by atoms with Gasteiger partial charge in [-0.05, 0) is 49.7 Å². The Balaban J connectivity index is 1.89. The number of aliphatic hydroxyl groups is 1. The number of likely N-dealkylation sites (N-methyl/N-ethyl adjacent to an activating group) is 1. The maximum Gasteiger partial charge on any atom is 0.119 e. The average Bonchev–Trinajstić information content (AvgIpc) is 2.51. The lowest BCUT2D eigenvalue weighted by molar-refractivity contribution is 0.112. The van der Waals surface area contributed by atoms with Crippen LogP contribution in [0.3, 0.4) is 0 Å². The Morgan fingerprint density at radius 2 is 2.00 bits per heavy atom. The Hall–Kier alpha value is -2.00. The molecule has 0 aromatic heterocycles. The van der Waals surface area contributed by atoms with Crippen LogP contribution < -0.4 is 9.64 Å². The first kappa shape index (κ1) is 15.4. The molecule has 0 bridgehead atoms. The number of hydrogen-bond acceptors (Lipinski definition) is 3. The van der Waals surface area contributed by atoms with E-state index in [0.29, 0.717) is 13.2 Å². The third-order valence-corrected chi connectivity index (χ3v) is 3.29. The zero-order chi connectivity index (χ0) is 15.1. The van der Waals surface area contributed by atoms with E-state index in [1.165, 1.54) is 0 Å². The smallest absolute Gasteiger partial charge is 0.119 e. The van der Waals surface area contributed by atoms with Gasteiger partial charge in [0.15, 0.2) is 0 Å². The summed E-state index contributed by atoms with van der Waals surface area (Å²) < 4.78 is 5.59. The van der Waals surface area contributed by atoms with Crippen molar-refractivity contribution in [3.05, 3.63) is 60.2 Å². The number of aliphatic hydroxyl groups excluding tert-OH is 1. The number of para-hydroxylation sites is 1. The van der Waals surface area contributed by atoms with Gasteiger partial charge in [-0.15, -0.1) is 0 Å². The van der Waals surface area contributed by atoms with Crippen LogP contribution in [0, 0.1) is 13.0 Å². The van der Waals surface area contributed by atoms with Crippen LogP contribution in [0.2, 0.25) is 0 Å². The lowest BCUT2D eigenvalue weighted by atomic mass is 10.2. The molecule has 0 fully saturated rings. The summed E-state index contributed by atoms with van der Waals surface area (Å²) in [7, 11) is 0. The molecule has 1 unspecified atom stereocenters. The van der Waals surface area contributed by atoms with Crippen molar-refractivity contribution in [2.24, 2.45) is 0 Å². The summed E-state index contributed by atoms with van der Waals surface area (Å²) in [6.07, 6.45) is -0.533. The Kier molecular flexibility index (Phi) is 5.64.